The summed E-state index contributed by atoms with van der Waals surface area (Å²) in [4.78, 5) is 0. The van der Waals surface area contributed by atoms with Crippen molar-refractivity contribution in [3.63, 3.8) is 0 Å². The Labute approximate surface area is 87.1 Å². The van der Waals surface area contributed by atoms with E-state index in [1.165, 1.54) is 0 Å². The molecule has 0 bridgehead atoms. The summed E-state index contributed by atoms with van der Waals surface area (Å²) >= 11 is 6.35. The van der Waals surface area contributed by atoms with Gasteiger partial charge in [-0.05, 0) is 49.6 Å². The molecule has 0 fully saturated rings. The average Bonchev–Trinajstić information content (AvgIpc) is 2.01. The second-order valence-electron chi connectivity index (χ2n) is 2.24. The number of phenolic OH excluding ortho intramolecular Hbond substituents is 1. The molecule has 1 aromatic rings. The normalized spacial score (nSPS) is 9.42. The Balaban J connectivity index is 3.14. The van der Waals surface area contributed by atoms with Crippen molar-refractivity contribution in [3.8, 4) is 11.8 Å². The Kier molecular flexibility index (Phi) is 3.12. The summed E-state index contributed by atoms with van der Waals surface area (Å²) < 4.78 is 1.20. The van der Waals surface area contributed by atoms with Gasteiger partial charge in [-0.25, -0.2) is 0 Å². The largest absolute Gasteiger partial charge is 0.506 e. The number of halogens is 2. The fourth-order valence-corrected chi connectivity index (χ4v) is 2.09. The van der Waals surface area contributed by atoms with Gasteiger partial charge in [-0.3, -0.25) is 0 Å². The summed E-state index contributed by atoms with van der Waals surface area (Å²) in [5.41, 5.74) is 0.869. The monoisotopic (exact) mass is 289 g/mol. The molecule has 0 aliphatic heterocycles. The van der Waals surface area contributed by atoms with Crippen molar-refractivity contribution in [1.82, 2.24) is 0 Å². The molecule has 4 heteroatoms. The van der Waals surface area contributed by atoms with Crippen LogP contribution >= 0.6 is 31.9 Å². The van der Waals surface area contributed by atoms with Gasteiger partial charge >= 0.3 is 0 Å². The van der Waals surface area contributed by atoms with Crippen LogP contribution in [-0.2, 0) is 6.42 Å². The van der Waals surface area contributed by atoms with Crippen LogP contribution in [0.15, 0.2) is 21.1 Å². The number of aromatic hydroxyl groups is 1. The molecular formula is C8H5Br2NO. The van der Waals surface area contributed by atoms with Crippen LogP contribution in [0.4, 0.5) is 0 Å². The van der Waals surface area contributed by atoms with Crippen LogP contribution in [0.1, 0.15) is 5.56 Å². The molecule has 0 spiro atoms. The van der Waals surface area contributed by atoms with E-state index in [1.807, 2.05) is 6.07 Å². The smallest absolute Gasteiger partial charge is 0.143 e. The lowest BCUT2D eigenvalue weighted by Crippen LogP contribution is -1.82. The van der Waals surface area contributed by atoms with Crippen molar-refractivity contribution in [3.05, 3.63) is 26.6 Å². The molecule has 0 radical (unpaired) electrons. The fraction of sp³-hybridized carbons (Fsp3) is 0.125. The van der Waals surface area contributed by atoms with Gasteiger partial charge in [0.25, 0.3) is 0 Å². The van der Waals surface area contributed by atoms with Crippen molar-refractivity contribution in [1.29, 1.82) is 5.26 Å². The molecule has 0 aromatic heterocycles. The lowest BCUT2D eigenvalue weighted by Gasteiger charge is -2.02. The van der Waals surface area contributed by atoms with Gasteiger partial charge in [-0.15, -0.1) is 0 Å². The minimum Gasteiger partial charge on any atom is -0.506 e. The summed E-state index contributed by atoms with van der Waals surface area (Å²) in [6.07, 6.45) is 0.345. The third kappa shape index (κ3) is 1.99. The van der Waals surface area contributed by atoms with Gasteiger partial charge in [0.05, 0.1) is 21.4 Å². The molecule has 12 heavy (non-hydrogen) atoms. The minimum atomic E-state index is 0.164. The van der Waals surface area contributed by atoms with Crippen LogP contribution in [-0.4, -0.2) is 5.11 Å². The van der Waals surface area contributed by atoms with Crippen molar-refractivity contribution >= 4 is 31.9 Å². The lowest BCUT2D eigenvalue weighted by molar-refractivity contribution is 0.468. The molecule has 0 aliphatic rings. The molecule has 1 aromatic carbocycles. The molecule has 0 amide bonds. The number of hydrogen-bond donors (Lipinski definition) is 1. The van der Waals surface area contributed by atoms with E-state index >= 15 is 0 Å². The molecule has 1 N–H and O–H groups in total. The van der Waals surface area contributed by atoms with E-state index in [-0.39, 0.29) is 5.75 Å². The highest BCUT2D eigenvalue weighted by molar-refractivity contribution is 9.11. The van der Waals surface area contributed by atoms with Crippen LogP contribution in [0.3, 0.4) is 0 Å². The van der Waals surface area contributed by atoms with Crippen LogP contribution < -0.4 is 0 Å². The first-order chi connectivity index (χ1) is 5.65. The number of hydrogen-bond acceptors (Lipinski definition) is 2. The molecule has 0 aliphatic carbocycles. The third-order valence-electron chi connectivity index (χ3n) is 1.36. The number of nitrogens with zero attached hydrogens (tertiary/aromatic N) is 1. The van der Waals surface area contributed by atoms with Crippen LogP contribution in [0.25, 0.3) is 0 Å². The average molecular weight is 291 g/mol. The maximum atomic E-state index is 9.32. The Morgan fingerprint density at radius 2 is 1.83 bits per heavy atom. The van der Waals surface area contributed by atoms with Gasteiger partial charge in [0, 0.05) is 0 Å². The maximum Gasteiger partial charge on any atom is 0.143 e. The van der Waals surface area contributed by atoms with Gasteiger partial charge < -0.3 is 5.11 Å². The van der Waals surface area contributed by atoms with Crippen LogP contribution in [0.5, 0.6) is 5.75 Å². The first-order valence-electron chi connectivity index (χ1n) is 3.19. The number of benzene rings is 1. The second-order valence-corrected chi connectivity index (χ2v) is 3.95. The van der Waals surface area contributed by atoms with Crippen molar-refractivity contribution in [2.45, 2.75) is 6.42 Å². The molecule has 0 unspecified atom stereocenters. The summed E-state index contributed by atoms with van der Waals surface area (Å²) in [5, 5.41) is 17.7. The molecule has 0 atom stereocenters. The van der Waals surface area contributed by atoms with Gasteiger partial charge in [0.2, 0.25) is 0 Å². The highest BCUT2D eigenvalue weighted by Gasteiger charge is 2.04. The van der Waals surface area contributed by atoms with Gasteiger partial charge in [0.15, 0.2) is 0 Å². The molecule has 2 nitrogen and oxygen atoms in total. The van der Waals surface area contributed by atoms with E-state index in [2.05, 4.69) is 31.9 Å². The van der Waals surface area contributed by atoms with E-state index in [4.69, 9.17) is 5.26 Å². The Morgan fingerprint density at radius 1 is 1.33 bits per heavy atom. The zero-order valence-electron chi connectivity index (χ0n) is 6.01. The zero-order chi connectivity index (χ0) is 9.14. The highest BCUT2D eigenvalue weighted by atomic mass is 79.9. The molecule has 0 saturated carbocycles. The Bertz CT molecular complexity index is 320. The SMILES string of the molecule is N#CCc1cc(Br)c(O)c(Br)c1. The van der Waals surface area contributed by atoms with E-state index in [9.17, 15) is 5.11 Å². The zero-order valence-corrected chi connectivity index (χ0v) is 9.18. The first kappa shape index (κ1) is 9.56. The molecule has 1 rings (SSSR count). The Morgan fingerprint density at radius 3 is 2.25 bits per heavy atom. The highest BCUT2D eigenvalue weighted by Crippen LogP contribution is 2.33. The van der Waals surface area contributed by atoms with E-state index in [1.54, 1.807) is 12.1 Å². The topological polar surface area (TPSA) is 44.0 Å². The third-order valence-corrected chi connectivity index (χ3v) is 2.57. The lowest BCUT2D eigenvalue weighted by atomic mass is 10.2. The number of rotatable bonds is 1. The van der Waals surface area contributed by atoms with E-state index in [0.717, 1.165) is 5.56 Å². The van der Waals surface area contributed by atoms with E-state index < -0.39 is 0 Å². The van der Waals surface area contributed by atoms with Crippen LogP contribution in [0.2, 0.25) is 0 Å². The summed E-state index contributed by atoms with van der Waals surface area (Å²) in [6.45, 7) is 0. The molecule has 62 valence electrons. The van der Waals surface area contributed by atoms with Crippen LogP contribution in [0, 0.1) is 11.3 Å². The molecule has 0 saturated heterocycles. The minimum absolute atomic E-state index is 0.164. The predicted octanol–water partition coefficient (Wildman–Crippen LogP) is 2.98. The Hall–Kier alpha value is -0.530. The quantitative estimate of drug-likeness (QED) is 0.864. The number of phenols is 1. The second kappa shape index (κ2) is 3.92. The van der Waals surface area contributed by atoms with E-state index in [0.29, 0.717) is 15.4 Å². The molecular weight excluding hydrogens is 286 g/mol. The van der Waals surface area contributed by atoms with Crippen molar-refractivity contribution in [2.24, 2.45) is 0 Å². The van der Waals surface area contributed by atoms with Gasteiger partial charge in [-0.2, -0.15) is 5.26 Å². The summed E-state index contributed by atoms with van der Waals surface area (Å²) in [6, 6.07) is 5.49. The standard InChI is InChI=1S/C8H5Br2NO/c9-6-3-5(1-2-11)4-7(10)8(6)12/h3-4,12H,1H2. The van der Waals surface area contributed by atoms with Crippen molar-refractivity contribution < 1.29 is 5.11 Å². The maximum absolute atomic E-state index is 9.32. The molecule has 0 heterocycles. The van der Waals surface area contributed by atoms with Crippen molar-refractivity contribution in [2.75, 3.05) is 0 Å². The first-order valence-corrected chi connectivity index (χ1v) is 4.77. The van der Waals surface area contributed by atoms with Gasteiger partial charge in [0.1, 0.15) is 5.75 Å². The summed E-state index contributed by atoms with van der Waals surface area (Å²) in [7, 11) is 0. The predicted molar refractivity (Wildman–Crippen MR) is 52.8 cm³/mol. The fourth-order valence-electron chi connectivity index (χ4n) is 0.811. The summed E-state index contributed by atoms with van der Waals surface area (Å²) in [5.74, 6) is 0.164. The number of nitriles is 1. The van der Waals surface area contributed by atoms with Gasteiger partial charge in [-0.1, -0.05) is 0 Å².